The van der Waals surface area contributed by atoms with Crippen molar-refractivity contribution in [2.75, 3.05) is 12.3 Å². The van der Waals surface area contributed by atoms with Crippen molar-refractivity contribution in [2.24, 2.45) is 5.84 Å². The highest BCUT2D eigenvalue weighted by Gasteiger charge is 2.32. The van der Waals surface area contributed by atoms with Gasteiger partial charge in [-0.05, 0) is 55.7 Å². The van der Waals surface area contributed by atoms with Gasteiger partial charge < -0.3 is 15.7 Å². The van der Waals surface area contributed by atoms with Crippen molar-refractivity contribution in [1.82, 2.24) is 20.3 Å². The molecule has 0 unspecified atom stereocenters. The molecule has 4 aromatic rings. The number of rotatable bonds is 4. The summed E-state index contributed by atoms with van der Waals surface area (Å²) in [6, 6.07) is 14.5. The fourth-order valence-electron chi connectivity index (χ4n) is 4.76. The number of anilines is 1. The molecule has 1 aliphatic rings. The van der Waals surface area contributed by atoms with Crippen LogP contribution in [-0.2, 0) is 4.79 Å². The third-order valence-electron chi connectivity index (χ3n) is 6.88. The molecule has 3 heterocycles. The summed E-state index contributed by atoms with van der Waals surface area (Å²) >= 11 is 6.44. The highest BCUT2D eigenvalue weighted by molar-refractivity contribution is 7.59. The minimum Gasteiger partial charge on any atom is -0.480 e. The minimum atomic E-state index is -1.00. The van der Waals surface area contributed by atoms with Crippen molar-refractivity contribution >= 4 is 72.0 Å². The number of carbonyl (C=O) groups is 3. The topological polar surface area (TPSA) is 165 Å². The Morgan fingerprint density at radius 3 is 2.43 bits per heavy atom. The second kappa shape index (κ2) is 15.4. The fourth-order valence-corrected chi connectivity index (χ4v) is 4.99. The lowest BCUT2D eigenvalue weighted by Gasteiger charge is -2.33. The number of nitrogen functional groups attached to an aromatic ring is 2. The van der Waals surface area contributed by atoms with Gasteiger partial charge in [-0.2, -0.15) is 13.5 Å². The lowest BCUT2D eigenvalue weighted by molar-refractivity contribution is -0.143. The summed E-state index contributed by atoms with van der Waals surface area (Å²) in [5, 5.41) is 10.3. The highest BCUT2D eigenvalue weighted by Crippen LogP contribution is 2.26. The van der Waals surface area contributed by atoms with E-state index in [1.807, 2.05) is 24.3 Å². The number of amides is 2. The number of nitrogens with two attached hydrogens (primary N) is 2. The van der Waals surface area contributed by atoms with Crippen LogP contribution in [0.15, 0.2) is 60.8 Å². The third kappa shape index (κ3) is 7.59. The van der Waals surface area contributed by atoms with E-state index in [9.17, 15) is 19.5 Å². The number of hydrogen-bond donors (Lipinski definition) is 4. The molecule has 44 heavy (non-hydrogen) atoms. The number of halogens is 2. The number of fused-ring (bicyclic) bond motifs is 1. The van der Waals surface area contributed by atoms with Gasteiger partial charge in [-0.1, -0.05) is 43.0 Å². The van der Waals surface area contributed by atoms with Crippen molar-refractivity contribution < 1.29 is 19.5 Å². The SMILES string of the molecule is C.Cl.NNC(=O)c1cc(-c2ccc(C#Cc3ccc(C(=O)N4CCCC[C@H]4C(=O)O)cc3Cl)cc2)nc2cc(N)ncc12.S. The molecule has 5 rings (SSSR count). The lowest BCUT2D eigenvalue weighted by Crippen LogP contribution is -2.47. The number of pyridine rings is 2. The number of hydrogen-bond acceptors (Lipinski definition) is 7. The summed E-state index contributed by atoms with van der Waals surface area (Å²) in [5.74, 6) is 9.88. The standard InChI is InChI=1S/C30H25ClN6O4.CH4.ClH.H2S/c31-23-13-20(29(39)37-12-2-1-3-26(37)30(40)41)11-10-18(23)7-4-17-5-8-19(9-6-17)24-14-21(28(38)36-33)22-16-34-27(32)15-25(22)35-24;;;/h5-6,8-11,13-16,26H,1-3,12,33H2,(H2,32,34)(H,36,38)(H,40,41);1H4;1H;1H2/t26-;;;/m0.../s1. The Bertz CT molecular complexity index is 1760. The summed E-state index contributed by atoms with van der Waals surface area (Å²) in [5.41, 5.74) is 11.6. The van der Waals surface area contributed by atoms with E-state index in [0.29, 0.717) is 56.8 Å². The highest BCUT2D eigenvalue weighted by atomic mass is 35.5. The molecule has 2 aromatic carbocycles. The average molecular weight is 656 g/mol. The van der Waals surface area contributed by atoms with E-state index in [1.54, 1.807) is 24.3 Å². The maximum atomic E-state index is 13.0. The van der Waals surface area contributed by atoms with Crippen LogP contribution in [0, 0.1) is 11.8 Å². The summed E-state index contributed by atoms with van der Waals surface area (Å²) in [6.45, 7) is 0.395. The van der Waals surface area contributed by atoms with E-state index in [1.165, 1.54) is 17.2 Å². The van der Waals surface area contributed by atoms with Crippen LogP contribution in [0.4, 0.5) is 5.82 Å². The Morgan fingerprint density at radius 1 is 1.05 bits per heavy atom. The van der Waals surface area contributed by atoms with Crippen LogP contribution < -0.4 is 17.0 Å². The van der Waals surface area contributed by atoms with Crippen LogP contribution in [0.25, 0.3) is 22.2 Å². The minimum absolute atomic E-state index is 0. The number of benzene rings is 2. The van der Waals surface area contributed by atoms with Crippen molar-refractivity contribution in [1.29, 1.82) is 0 Å². The molecule has 0 radical (unpaired) electrons. The van der Waals surface area contributed by atoms with Crippen LogP contribution in [-0.4, -0.2) is 50.3 Å². The Hall–Kier alpha value is -4.34. The molecule has 13 heteroatoms. The van der Waals surface area contributed by atoms with E-state index in [4.69, 9.17) is 23.2 Å². The maximum Gasteiger partial charge on any atom is 0.326 e. The van der Waals surface area contributed by atoms with Gasteiger partial charge in [0.15, 0.2) is 0 Å². The van der Waals surface area contributed by atoms with Gasteiger partial charge in [-0.25, -0.2) is 20.6 Å². The van der Waals surface area contributed by atoms with Crippen molar-refractivity contribution in [2.45, 2.75) is 32.7 Å². The van der Waals surface area contributed by atoms with Gasteiger partial charge in [-0.3, -0.25) is 15.0 Å². The normalized spacial score (nSPS) is 13.7. The first-order chi connectivity index (χ1) is 19.7. The predicted octanol–water partition coefficient (Wildman–Crippen LogP) is 4.79. The molecule has 0 aliphatic carbocycles. The quantitative estimate of drug-likeness (QED) is 0.106. The molecule has 0 bridgehead atoms. The number of likely N-dealkylation sites (tertiary alicyclic amines) is 1. The summed E-state index contributed by atoms with van der Waals surface area (Å²) < 4.78 is 0. The Labute approximate surface area is 273 Å². The van der Waals surface area contributed by atoms with E-state index in [0.717, 1.165) is 18.4 Å². The number of carboxylic acid groups (broad SMARTS) is 1. The van der Waals surface area contributed by atoms with Crippen LogP contribution in [0.1, 0.15) is 58.5 Å². The van der Waals surface area contributed by atoms with Crippen molar-refractivity contribution in [3.63, 3.8) is 0 Å². The number of carbonyl (C=O) groups excluding carboxylic acids is 2. The second-order valence-corrected chi connectivity index (χ2v) is 9.93. The molecule has 1 saturated heterocycles. The first-order valence-corrected chi connectivity index (χ1v) is 13.2. The number of carboxylic acids is 1. The summed E-state index contributed by atoms with van der Waals surface area (Å²) in [4.78, 5) is 47.0. The molecule has 230 valence electrons. The van der Waals surface area contributed by atoms with Crippen LogP contribution in [0.5, 0.6) is 0 Å². The fraction of sp³-hybridized carbons (Fsp3) is 0.194. The van der Waals surface area contributed by atoms with Crippen molar-refractivity contribution in [3.05, 3.63) is 88.1 Å². The molecule has 0 spiro atoms. The molecular formula is C31H32Cl2N6O4S. The molecule has 6 N–H and O–H groups in total. The Morgan fingerprint density at radius 2 is 1.77 bits per heavy atom. The number of hydrazine groups is 1. The second-order valence-electron chi connectivity index (χ2n) is 9.53. The maximum absolute atomic E-state index is 13.0. The van der Waals surface area contributed by atoms with E-state index >= 15 is 0 Å². The van der Waals surface area contributed by atoms with Gasteiger partial charge in [-0.15, -0.1) is 12.4 Å². The first kappa shape index (κ1) is 35.9. The molecule has 2 aromatic heterocycles. The molecular weight excluding hydrogens is 623 g/mol. The monoisotopic (exact) mass is 654 g/mol. The number of nitrogens with zero attached hydrogens (tertiary/aromatic N) is 3. The van der Waals surface area contributed by atoms with Crippen molar-refractivity contribution in [3.8, 4) is 23.1 Å². The van der Waals surface area contributed by atoms with Gasteiger partial charge in [0.05, 0.1) is 21.8 Å². The first-order valence-electron chi connectivity index (χ1n) is 12.8. The van der Waals surface area contributed by atoms with Crippen LogP contribution >= 0.6 is 37.5 Å². The lowest BCUT2D eigenvalue weighted by atomic mass is 10.0. The Balaban J connectivity index is 0.00000225. The average Bonchev–Trinajstić information content (AvgIpc) is 2.99. The molecule has 1 fully saturated rings. The number of aromatic nitrogens is 2. The predicted molar refractivity (Wildman–Crippen MR) is 179 cm³/mol. The third-order valence-corrected chi connectivity index (χ3v) is 7.19. The molecule has 1 atom stereocenters. The number of nitrogens with one attached hydrogen (secondary N) is 1. The van der Waals surface area contributed by atoms with Gasteiger partial charge in [0.2, 0.25) is 0 Å². The van der Waals surface area contributed by atoms with E-state index < -0.39 is 17.9 Å². The van der Waals surface area contributed by atoms with Gasteiger partial charge in [0.1, 0.15) is 11.9 Å². The smallest absolute Gasteiger partial charge is 0.326 e. The largest absolute Gasteiger partial charge is 0.480 e. The van der Waals surface area contributed by atoms with Gasteiger partial charge >= 0.3 is 5.97 Å². The molecule has 1 aliphatic heterocycles. The molecule has 2 amide bonds. The molecule has 0 saturated carbocycles. The summed E-state index contributed by atoms with van der Waals surface area (Å²) in [6.07, 6.45) is 3.46. The summed E-state index contributed by atoms with van der Waals surface area (Å²) in [7, 11) is 0. The number of aliphatic carboxylic acids is 1. The zero-order valence-electron chi connectivity index (χ0n) is 22.6. The molecule has 10 nitrogen and oxygen atoms in total. The van der Waals surface area contributed by atoms with Gasteiger partial charge in [0, 0.05) is 46.4 Å². The van der Waals surface area contributed by atoms with Gasteiger partial charge in [0.25, 0.3) is 11.8 Å². The van der Waals surface area contributed by atoms with E-state index in [-0.39, 0.29) is 45.1 Å². The van der Waals surface area contributed by atoms with Crippen LogP contribution in [0.2, 0.25) is 5.02 Å². The Kier molecular flexibility index (Phi) is 12.6. The van der Waals surface area contributed by atoms with Crippen LogP contribution in [0.3, 0.4) is 0 Å². The number of piperidine rings is 1. The zero-order chi connectivity index (χ0) is 29.1. The zero-order valence-corrected chi connectivity index (χ0v) is 25.2. The van der Waals surface area contributed by atoms with E-state index in [2.05, 4.69) is 27.2 Å².